The molecule has 2 rings (SSSR count). The van der Waals surface area contributed by atoms with Gasteiger partial charge in [-0.2, -0.15) is 0 Å². The lowest BCUT2D eigenvalue weighted by Gasteiger charge is -2.18. The number of nitrogens with zero attached hydrogens (tertiary/aromatic N) is 1. The number of amides is 1. The summed E-state index contributed by atoms with van der Waals surface area (Å²) >= 11 is 0. The van der Waals surface area contributed by atoms with Gasteiger partial charge in [0.25, 0.3) is 0 Å². The number of nitrogens with one attached hydrogen (secondary N) is 2. The summed E-state index contributed by atoms with van der Waals surface area (Å²) in [5.41, 5.74) is 0.646. The molecule has 0 unspecified atom stereocenters. The zero-order chi connectivity index (χ0) is 9.97. The third-order valence-electron chi connectivity index (χ3n) is 2.34. The van der Waals surface area contributed by atoms with Gasteiger partial charge in [0.2, 0.25) is 0 Å². The Balaban J connectivity index is 2.25. The molecule has 0 bridgehead atoms. The van der Waals surface area contributed by atoms with Gasteiger partial charge in [0.05, 0.1) is 5.70 Å². The summed E-state index contributed by atoms with van der Waals surface area (Å²) in [4.78, 5) is 12.7. The predicted octanol–water partition coefficient (Wildman–Crippen LogP) is 0.288. The standard InChI is InChI=1S/C9H13N3O2/c13-9(14)11-7-3-1-2-5-12-6-4-10-8(7)12/h1,3,10-11H,2,4-6H2,(H,13,14). The fourth-order valence-corrected chi connectivity index (χ4v) is 1.75. The van der Waals surface area contributed by atoms with Crippen molar-refractivity contribution in [3.63, 3.8) is 0 Å². The van der Waals surface area contributed by atoms with E-state index in [9.17, 15) is 4.79 Å². The first-order valence-electron chi connectivity index (χ1n) is 4.67. The zero-order valence-corrected chi connectivity index (χ0v) is 7.79. The molecule has 0 saturated carbocycles. The van der Waals surface area contributed by atoms with E-state index in [0.717, 1.165) is 31.9 Å². The van der Waals surface area contributed by atoms with Crippen molar-refractivity contribution in [2.45, 2.75) is 6.42 Å². The molecule has 76 valence electrons. The second-order valence-electron chi connectivity index (χ2n) is 3.30. The van der Waals surface area contributed by atoms with Crippen molar-refractivity contribution in [1.82, 2.24) is 15.5 Å². The van der Waals surface area contributed by atoms with Crippen molar-refractivity contribution in [1.29, 1.82) is 0 Å². The number of hydrogen-bond donors (Lipinski definition) is 3. The highest BCUT2D eigenvalue weighted by molar-refractivity contribution is 5.68. The van der Waals surface area contributed by atoms with Gasteiger partial charge in [-0.15, -0.1) is 0 Å². The number of fused-ring (bicyclic) bond motifs is 1. The van der Waals surface area contributed by atoms with Crippen molar-refractivity contribution in [2.24, 2.45) is 0 Å². The molecular formula is C9H13N3O2. The molecule has 0 atom stereocenters. The third-order valence-corrected chi connectivity index (χ3v) is 2.34. The van der Waals surface area contributed by atoms with Gasteiger partial charge in [0.15, 0.2) is 0 Å². The molecule has 5 heteroatoms. The van der Waals surface area contributed by atoms with Crippen molar-refractivity contribution in [3.05, 3.63) is 23.7 Å². The van der Waals surface area contributed by atoms with Crippen molar-refractivity contribution < 1.29 is 9.90 Å². The lowest BCUT2D eigenvalue weighted by molar-refractivity contribution is 0.197. The van der Waals surface area contributed by atoms with E-state index in [1.165, 1.54) is 0 Å². The first-order chi connectivity index (χ1) is 6.77. The maximum absolute atomic E-state index is 10.5. The highest BCUT2D eigenvalue weighted by Gasteiger charge is 2.21. The Kier molecular flexibility index (Phi) is 2.30. The fraction of sp³-hybridized carbons (Fsp3) is 0.444. The van der Waals surface area contributed by atoms with E-state index >= 15 is 0 Å². The Bertz CT molecular complexity index is 309. The monoisotopic (exact) mass is 195 g/mol. The number of carboxylic acid groups (broad SMARTS) is 1. The van der Waals surface area contributed by atoms with Crippen molar-refractivity contribution >= 4 is 6.09 Å². The molecule has 1 amide bonds. The van der Waals surface area contributed by atoms with E-state index in [2.05, 4.69) is 15.5 Å². The largest absolute Gasteiger partial charge is 0.465 e. The van der Waals surface area contributed by atoms with Crippen molar-refractivity contribution in [3.8, 4) is 0 Å². The second-order valence-corrected chi connectivity index (χ2v) is 3.30. The fourth-order valence-electron chi connectivity index (χ4n) is 1.75. The Labute approximate surface area is 82.1 Å². The average molecular weight is 195 g/mol. The van der Waals surface area contributed by atoms with Gasteiger partial charge >= 0.3 is 6.09 Å². The molecule has 2 aliphatic heterocycles. The number of rotatable bonds is 1. The van der Waals surface area contributed by atoms with Crippen LogP contribution in [-0.2, 0) is 0 Å². The van der Waals surface area contributed by atoms with Crippen LogP contribution in [0.3, 0.4) is 0 Å². The lowest BCUT2D eigenvalue weighted by Crippen LogP contribution is -2.28. The van der Waals surface area contributed by atoms with E-state index in [0.29, 0.717) is 5.70 Å². The molecule has 1 saturated heterocycles. The van der Waals surface area contributed by atoms with Crippen molar-refractivity contribution in [2.75, 3.05) is 19.6 Å². The third kappa shape index (κ3) is 1.66. The van der Waals surface area contributed by atoms with E-state index in [1.807, 2.05) is 12.2 Å². The molecule has 3 N–H and O–H groups in total. The second kappa shape index (κ2) is 3.61. The normalized spacial score (nSPS) is 20.1. The summed E-state index contributed by atoms with van der Waals surface area (Å²) in [6.45, 7) is 2.78. The van der Waals surface area contributed by atoms with Crippen LogP contribution in [0.4, 0.5) is 4.79 Å². The molecular weight excluding hydrogens is 182 g/mol. The van der Waals surface area contributed by atoms with E-state index < -0.39 is 6.09 Å². The van der Waals surface area contributed by atoms with Gasteiger partial charge in [-0.3, -0.25) is 5.32 Å². The van der Waals surface area contributed by atoms with Gasteiger partial charge in [-0.25, -0.2) is 4.79 Å². The minimum absolute atomic E-state index is 0.646. The van der Waals surface area contributed by atoms with Gasteiger partial charge in [0.1, 0.15) is 5.82 Å². The van der Waals surface area contributed by atoms with E-state index in [4.69, 9.17) is 5.11 Å². The molecule has 2 heterocycles. The zero-order valence-electron chi connectivity index (χ0n) is 7.79. The number of allylic oxidation sites excluding steroid dienone is 1. The van der Waals surface area contributed by atoms with E-state index in [-0.39, 0.29) is 0 Å². The molecule has 2 aliphatic rings. The quantitative estimate of drug-likeness (QED) is 0.562. The van der Waals surface area contributed by atoms with Crippen LogP contribution in [0.15, 0.2) is 23.7 Å². The van der Waals surface area contributed by atoms with Crippen LogP contribution in [0.1, 0.15) is 6.42 Å². The highest BCUT2D eigenvalue weighted by atomic mass is 16.4. The summed E-state index contributed by atoms with van der Waals surface area (Å²) in [7, 11) is 0. The molecule has 0 aromatic rings. The summed E-state index contributed by atoms with van der Waals surface area (Å²) in [5, 5.41) is 14.2. The minimum Gasteiger partial charge on any atom is -0.465 e. The van der Waals surface area contributed by atoms with Gasteiger partial charge < -0.3 is 15.3 Å². The Hall–Kier alpha value is -1.65. The number of carbonyl (C=O) groups is 1. The maximum Gasteiger partial charge on any atom is 0.409 e. The topological polar surface area (TPSA) is 64.6 Å². The minimum atomic E-state index is -1.02. The van der Waals surface area contributed by atoms with Crippen LogP contribution < -0.4 is 10.6 Å². The lowest BCUT2D eigenvalue weighted by atomic mass is 10.3. The maximum atomic E-state index is 10.5. The van der Waals surface area contributed by atoms with Crippen LogP contribution >= 0.6 is 0 Å². The summed E-state index contributed by atoms with van der Waals surface area (Å²) in [5.74, 6) is 0.904. The molecule has 0 aliphatic carbocycles. The van der Waals surface area contributed by atoms with Crippen LogP contribution in [0.5, 0.6) is 0 Å². The van der Waals surface area contributed by atoms with Gasteiger partial charge in [0, 0.05) is 19.6 Å². The van der Waals surface area contributed by atoms with Gasteiger partial charge in [-0.05, 0) is 12.5 Å². The van der Waals surface area contributed by atoms with Crippen LogP contribution in [-0.4, -0.2) is 35.7 Å². The smallest absolute Gasteiger partial charge is 0.409 e. The Morgan fingerprint density at radius 1 is 1.57 bits per heavy atom. The average Bonchev–Trinajstić information content (AvgIpc) is 2.51. The first kappa shape index (κ1) is 8.93. The van der Waals surface area contributed by atoms with E-state index in [1.54, 1.807) is 0 Å². The molecule has 0 aromatic carbocycles. The highest BCUT2D eigenvalue weighted by Crippen LogP contribution is 2.15. The molecule has 0 radical (unpaired) electrons. The molecule has 14 heavy (non-hydrogen) atoms. The van der Waals surface area contributed by atoms with Crippen LogP contribution in [0.2, 0.25) is 0 Å². The Morgan fingerprint density at radius 2 is 2.43 bits per heavy atom. The van der Waals surface area contributed by atoms with Gasteiger partial charge in [-0.1, -0.05) is 6.08 Å². The molecule has 0 aromatic heterocycles. The summed E-state index contributed by atoms with van der Waals surface area (Å²) in [6, 6.07) is 0. The molecule has 1 fully saturated rings. The van der Waals surface area contributed by atoms with Crippen LogP contribution in [0.25, 0.3) is 0 Å². The summed E-state index contributed by atoms with van der Waals surface area (Å²) in [6.07, 6.45) is 3.74. The Morgan fingerprint density at radius 3 is 3.21 bits per heavy atom. The predicted molar refractivity (Wildman–Crippen MR) is 51.5 cm³/mol. The number of hydrogen-bond acceptors (Lipinski definition) is 3. The first-order valence-corrected chi connectivity index (χ1v) is 4.67. The summed E-state index contributed by atoms with van der Waals surface area (Å²) < 4.78 is 0. The molecule has 5 nitrogen and oxygen atoms in total. The molecule has 0 spiro atoms. The SMILES string of the molecule is O=C(O)NC1=C2NCCN2CCC=C1. The van der Waals surface area contributed by atoms with Crippen LogP contribution in [0, 0.1) is 0 Å².